The number of H-pyrrole nitrogens is 1. The predicted octanol–water partition coefficient (Wildman–Crippen LogP) is 6.50. The molecule has 0 aliphatic heterocycles. The van der Waals surface area contributed by atoms with Gasteiger partial charge in [-0.1, -0.05) is 42.8 Å². The van der Waals surface area contributed by atoms with Gasteiger partial charge >= 0.3 is 0 Å². The van der Waals surface area contributed by atoms with Gasteiger partial charge in [0.15, 0.2) is 5.82 Å². The van der Waals surface area contributed by atoms with E-state index in [1.165, 1.54) is 19.3 Å². The smallest absolute Gasteiger partial charge is 0.155 e. The van der Waals surface area contributed by atoms with E-state index in [2.05, 4.69) is 46.5 Å². The first kappa shape index (κ1) is 22.7. The van der Waals surface area contributed by atoms with Gasteiger partial charge in [-0.15, -0.1) is 10.2 Å². The fraction of sp³-hybridized carbons (Fsp3) is 0.429. The number of aryl methyl sites for hydroxylation is 1. The third-order valence-electron chi connectivity index (χ3n) is 8.28. The van der Waals surface area contributed by atoms with Crippen LogP contribution in [0.4, 0.5) is 4.39 Å². The van der Waals surface area contributed by atoms with Crippen LogP contribution in [0.3, 0.4) is 0 Å². The maximum Gasteiger partial charge on any atom is 0.155 e. The van der Waals surface area contributed by atoms with E-state index < -0.39 is 0 Å². The zero-order valence-electron chi connectivity index (χ0n) is 20.5. The summed E-state index contributed by atoms with van der Waals surface area (Å²) in [6.07, 6.45) is 7.36. The van der Waals surface area contributed by atoms with Crippen molar-refractivity contribution in [1.82, 2.24) is 25.1 Å². The fourth-order valence-electron chi connectivity index (χ4n) is 6.15. The van der Waals surface area contributed by atoms with Crippen molar-refractivity contribution in [2.24, 2.45) is 13.0 Å². The minimum Gasteiger partial charge on any atom is -0.355 e. The first-order valence-corrected chi connectivity index (χ1v) is 12.9. The Bertz CT molecular complexity index is 1410. The third-order valence-corrected chi connectivity index (χ3v) is 8.59. The van der Waals surface area contributed by atoms with Gasteiger partial charge in [0.1, 0.15) is 12.2 Å². The number of hydrogen-bond donors (Lipinski definition) is 2. The summed E-state index contributed by atoms with van der Waals surface area (Å²) in [5, 5.41) is 13.5. The predicted molar refractivity (Wildman–Crippen MR) is 138 cm³/mol. The van der Waals surface area contributed by atoms with Crippen LogP contribution in [0.25, 0.3) is 22.0 Å². The first-order chi connectivity index (χ1) is 16.8. The summed E-state index contributed by atoms with van der Waals surface area (Å²) in [6.45, 7) is 5.17. The maximum absolute atomic E-state index is 15.9. The molecule has 0 atom stereocenters. The van der Waals surface area contributed by atoms with Gasteiger partial charge in [-0.2, -0.15) is 0 Å². The average Bonchev–Trinajstić information content (AvgIpc) is 3.43. The lowest BCUT2D eigenvalue weighted by atomic mass is 9.58. The second kappa shape index (κ2) is 8.17. The molecule has 6 rings (SSSR count). The molecule has 2 fully saturated rings. The van der Waals surface area contributed by atoms with E-state index in [0.29, 0.717) is 28.6 Å². The van der Waals surface area contributed by atoms with Crippen LogP contribution in [-0.4, -0.2) is 25.3 Å². The highest BCUT2D eigenvalue weighted by atomic mass is 35.5. The van der Waals surface area contributed by atoms with Crippen LogP contribution in [0, 0.1) is 11.7 Å². The largest absolute Gasteiger partial charge is 0.355 e. The van der Waals surface area contributed by atoms with Gasteiger partial charge in [-0.3, -0.25) is 0 Å². The molecule has 4 aromatic rings. The number of nitrogens with one attached hydrogen (secondary N) is 2. The number of nitrogens with zero attached hydrogens (tertiary/aromatic N) is 3. The highest BCUT2D eigenvalue weighted by molar-refractivity contribution is 6.35. The molecule has 0 saturated heterocycles. The number of aromatic nitrogens is 4. The summed E-state index contributed by atoms with van der Waals surface area (Å²) in [4.78, 5) is 3.29. The van der Waals surface area contributed by atoms with E-state index in [-0.39, 0.29) is 16.8 Å². The van der Waals surface area contributed by atoms with Gasteiger partial charge in [-0.05, 0) is 68.2 Å². The Morgan fingerprint density at radius 1 is 1.23 bits per heavy atom. The molecule has 0 amide bonds. The molecule has 182 valence electrons. The van der Waals surface area contributed by atoms with Crippen molar-refractivity contribution >= 4 is 22.5 Å². The van der Waals surface area contributed by atoms with Crippen molar-refractivity contribution in [3.8, 4) is 11.1 Å². The van der Waals surface area contributed by atoms with Crippen molar-refractivity contribution in [3.63, 3.8) is 0 Å². The van der Waals surface area contributed by atoms with Gasteiger partial charge in [0.2, 0.25) is 0 Å². The van der Waals surface area contributed by atoms with Gasteiger partial charge in [0.05, 0.1) is 16.0 Å². The molecule has 2 aliphatic rings. The summed E-state index contributed by atoms with van der Waals surface area (Å²) in [5.74, 6) is 1.30. The Kier molecular flexibility index (Phi) is 5.31. The molecule has 5 nitrogen and oxygen atoms in total. The fourth-order valence-corrected chi connectivity index (χ4v) is 6.41. The zero-order chi connectivity index (χ0) is 24.4. The van der Waals surface area contributed by atoms with Crippen LogP contribution < -0.4 is 5.32 Å². The number of fused-ring (bicyclic) bond motifs is 1. The molecule has 2 saturated carbocycles. The number of rotatable bonds is 6. The third kappa shape index (κ3) is 3.69. The van der Waals surface area contributed by atoms with Crippen LogP contribution >= 0.6 is 11.6 Å². The molecule has 7 heteroatoms. The molecule has 35 heavy (non-hydrogen) atoms. The number of halogens is 2. The van der Waals surface area contributed by atoms with Gasteiger partial charge < -0.3 is 14.9 Å². The second-order valence-electron chi connectivity index (χ2n) is 11.0. The van der Waals surface area contributed by atoms with Crippen LogP contribution in [0.1, 0.15) is 63.0 Å². The SMILES string of the molecule is CC1CC(c2cccc(-c3cc(Cl)c4cc(CNC5(C)CCC5)[nH]c4c3F)c2)(c2nncn2C)C1. The van der Waals surface area contributed by atoms with Crippen LogP contribution in [0.5, 0.6) is 0 Å². The Balaban J connectivity index is 1.38. The molecular weight excluding hydrogens is 461 g/mol. The molecule has 2 aromatic carbocycles. The van der Waals surface area contributed by atoms with Crippen molar-refractivity contribution in [2.75, 3.05) is 0 Å². The van der Waals surface area contributed by atoms with E-state index in [0.717, 1.165) is 40.9 Å². The molecule has 2 aliphatic carbocycles. The Morgan fingerprint density at radius 3 is 2.69 bits per heavy atom. The van der Waals surface area contributed by atoms with Gasteiger partial charge in [0, 0.05) is 35.8 Å². The Hall–Kier alpha value is -2.70. The number of hydrogen-bond acceptors (Lipinski definition) is 3. The summed E-state index contributed by atoms with van der Waals surface area (Å²) in [6, 6.07) is 11.9. The highest BCUT2D eigenvalue weighted by Crippen LogP contribution is 2.52. The van der Waals surface area contributed by atoms with E-state index >= 15 is 4.39 Å². The first-order valence-electron chi connectivity index (χ1n) is 12.5. The lowest BCUT2D eigenvalue weighted by molar-refractivity contribution is 0.185. The standard InChI is InChI=1S/C28H31ClFN5/c1-17-13-28(14-17,26-34-32-16-35(26)3)19-7-4-6-18(10-19)21-12-23(29)22-11-20(33-25(22)24(21)30)15-31-27(2)8-5-9-27/h4,6-7,10-12,16-17,31,33H,5,8-9,13-15H2,1-3H3. The van der Waals surface area contributed by atoms with E-state index in [4.69, 9.17) is 11.6 Å². The van der Waals surface area contributed by atoms with Gasteiger partial charge in [-0.25, -0.2) is 4.39 Å². The Morgan fingerprint density at radius 2 is 2.03 bits per heavy atom. The molecule has 0 unspecified atom stereocenters. The topological polar surface area (TPSA) is 58.5 Å². The van der Waals surface area contributed by atoms with Crippen LogP contribution in [-0.2, 0) is 19.0 Å². The van der Waals surface area contributed by atoms with Crippen LogP contribution in [0.2, 0.25) is 5.02 Å². The maximum atomic E-state index is 15.9. The lowest BCUT2D eigenvalue weighted by Crippen LogP contribution is -2.47. The monoisotopic (exact) mass is 491 g/mol. The van der Waals surface area contributed by atoms with Gasteiger partial charge in [0.25, 0.3) is 0 Å². The molecule has 0 radical (unpaired) electrons. The summed E-state index contributed by atoms with van der Waals surface area (Å²) >= 11 is 6.69. The van der Waals surface area contributed by atoms with Crippen molar-refractivity contribution in [2.45, 2.75) is 63.5 Å². The number of aromatic amines is 1. The number of benzene rings is 2. The minimum atomic E-state index is -0.266. The normalized spacial score (nSPS) is 23.3. The molecule has 0 spiro atoms. The summed E-state index contributed by atoms with van der Waals surface area (Å²) < 4.78 is 17.9. The summed E-state index contributed by atoms with van der Waals surface area (Å²) in [5.41, 5.74) is 3.87. The van der Waals surface area contributed by atoms with E-state index in [1.54, 1.807) is 12.4 Å². The van der Waals surface area contributed by atoms with Crippen molar-refractivity contribution in [1.29, 1.82) is 0 Å². The highest BCUT2D eigenvalue weighted by Gasteiger charge is 2.48. The Labute approximate surface area is 210 Å². The molecule has 2 N–H and O–H groups in total. The lowest BCUT2D eigenvalue weighted by Gasteiger charge is -2.46. The van der Waals surface area contributed by atoms with E-state index in [1.807, 2.05) is 29.8 Å². The molecule has 2 heterocycles. The molecular formula is C28H31ClFN5. The minimum absolute atomic E-state index is 0.183. The summed E-state index contributed by atoms with van der Waals surface area (Å²) in [7, 11) is 1.99. The van der Waals surface area contributed by atoms with Crippen molar-refractivity contribution in [3.05, 3.63) is 70.6 Å². The molecule has 2 aromatic heterocycles. The average molecular weight is 492 g/mol. The van der Waals surface area contributed by atoms with Crippen molar-refractivity contribution < 1.29 is 4.39 Å². The molecule has 0 bridgehead atoms. The zero-order valence-corrected chi connectivity index (χ0v) is 21.2. The quantitative estimate of drug-likeness (QED) is 0.323. The second-order valence-corrected chi connectivity index (χ2v) is 11.4. The van der Waals surface area contributed by atoms with E-state index in [9.17, 15) is 0 Å². The van der Waals surface area contributed by atoms with Crippen LogP contribution in [0.15, 0.2) is 42.7 Å².